The second kappa shape index (κ2) is 9.20. The molecule has 0 spiro atoms. The number of ether oxygens (including phenoxy) is 4. The van der Waals surface area contributed by atoms with Gasteiger partial charge in [0.05, 0.1) is 25.9 Å². The van der Waals surface area contributed by atoms with E-state index >= 15 is 0 Å². The Morgan fingerprint density at radius 2 is 1.90 bits per heavy atom. The van der Waals surface area contributed by atoms with Crippen molar-refractivity contribution < 1.29 is 23.7 Å². The quantitative estimate of drug-likeness (QED) is 0.515. The van der Waals surface area contributed by atoms with Crippen LogP contribution in [0.3, 0.4) is 0 Å². The molecule has 0 aliphatic carbocycles. The second-order valence-corrected chi connectivity index (χ2v) is 4.20. The molecule has 5 heteroatoms. The summed E-state index contributed by atoms with van der Waals surface area (Å²) in [5.74, 6) is 0.761. The van der Waals surface area contributed by atoms with E-state index in [-0.39, 0.29) is 6.61 Å². The maximum absolute atomic E-state index is 11.8. The van der Waals surface area contributed by atoms with Crippen molar-refractivity contribution in [3.8, 4) is 11.5 Å². The lowest BCUT2D eigenvalue weighted by Gasteiger charge is -2.11. The SMILES string of the molecule is CCCCOc1ccc(C(=O)OCCOC)cc1OC. The van der Waals surface area contributed by atoms with Crippen LogP contribution in [0.5, 0.6) is 11.5 Å². The van der Waals surface area contributed by atoms with Gasteiger partial charge in [0.1, 0.15) is 6.61 Å². The molecule has 0 aliphatic heterocycles. The molecule has 1 aromatic carbocycles. The molecule has 20 heavy (non-hydrogen) atoms. The molecule has 0 fully saturated rings. The van der Waals surface area contributed by atoms with Crippen LogP contribution in [-0.4, -0.2) is 40.0 Å². The predicted molar refractivity (Wildman–Crippen MR) is 75.6 cm³/mol. The predicted octanol–water partition coefficient (Wildman–Crippen LogP) is 2.68. The summed E-state index contributed by atoms with van der Waals surface area (Å²) in [7, 11) is 3.10. The molecule has 5 nitrogen and oxygen atoms in total. The van der Waals surface area contributed by atoms with Gasteiger partial charge < -0.3 is 18.9 Å². The highest BCUT2D eigenvalue weighted by Gasteiger charge is 2.12. The molecular weight excluding hydrogens is 260 g/mol. The first-order valence-corrected chi connectivity index (χ1v) is 6.69. The normalized spacial score (nSPS) is 10.2. The fraction of sp³-hybridized carbons (Fsp3) is 0.533. The van der Waals surface area contributed by atoms with Crippen LogP contribution in [0.1, 0.15) is 30.1 Å². The van der Waals surface area contributed by atoms with Gasteiger partial charge in [0.25, 0.3) is 0 Å². The molecule has 0 radical (unpaired) electrons. The standard InChI is InChI=1S/C15H22O5/c1-4-5-8-19-13-7-6-12(11-14(13)18-3)15(16)20-10-9-17-2/h6-7,11H,4-5,8-10H2,1-3H3. The summed E-state index contributed by atoms with van der Waals surface area (Å²) in [6, 6.07) is 5.01. The molecule has 0 atom stereocenters. The van der Waals surface area contributed by atoms with E-state index in [1.54, 1.807) is 32.4 Å². The summed E-state index contributed by atoms with van der Waals surface area (Å²) in [4.78, 5) is 11.8. The van der Waals surface area contributed by atoms with E-state index in [0.717, 1.165) is 12.8 Å². The van der Waals surface area contributed by atoms with Crippen molar-refractivity contribution in [2.24, 2.45) is 0 Å². The van der Waals surface area contributed by atoms with Crippen molar-refractivity contribution in [3.05, 3.63) is 23.8 Å². The molecule has 0 amide bonds. The van der Waals surface area contributed by atoms with Crippen LogP contribution in [0.15, 0.2) is 18.2 Å². The van der Waals surface area contributed by atoms with Gasteiger partial charge in [-0.3, -0.25) is 0 Å². The molecule has 0 aromatic heterocycles. The monoisotopic (exact) mass is 282 g/mol. The summed E-state index contributed by atoms with van der Waals surface area (Å²) in [6.45, 7) is 3.33. The lowest BCUT2D eigenvalue weighted by atomic mass is 10.2. The maximum Gasteiger partial charge on any atom is 0.338 e. The number of methoxy groups -OCH3 is 2. The number of benzene rings is 1. The van der Waals surface area contributed by atoms with E-state index in [9.17, 15) is 4.79 Å². The van der Waals surface area contributed by atoms with E-state index in [0.29, 0.717) is 30.3 Å². The fourth-order valence-electron chi connectivity index (χ4n) is 1.54. The van der Waals surface area contributed by atoms with Crippen molar-refractivity contribution in [3.63, 3.8) is 0 Å². The zero-order valence-electron chi connectivity index (χ0n) is 12.3. The highest BCUT2D eigenvalue weighted by molar-refractivity contribution is 5.90. The van der Waals surface area contributed by atoms with E-state index < -0.39 is 5.97 Å². The highest BCUT2D eigenvalue weighted by atomic mass is 16.6. The first kappa shape index (κ1) is 16.3. The lowest BCUT2D eigenvalue weighted by molar-refractivity contribution is 0.0387. The molecule has 1 rings (SSSR count). The molecule has 0 saturated carbocycles. The van der Waals surface area contributed by atoms with Crippen LogP contribution in [0.25, 0.3) is 0 Å². The van der Waals surface area contributed by atoms with E-state index in [4.69, 9.17) is 18.9 Å². The molecule has 1 aromatic rings. The number of esters is 1. The van der Waals surface area contributed by atoms with Crippen molar-refractivity contribution in [2.45, 2.75) is 19.8 Å². The molecule has 0 heterocycles. The Hall–Kier alpha value is -1.75. The Kier molecular flexibility index (Phi) is 7.50. The third-order valence-electron chi connectivity index (χ3n) is 2.68. The van der Waals surface area contributed by atoms with Crippen molar-refractivity contribution in [1.82, 2.24) is 0 Å². The van der Waals surface area contributed by atoms with Gasteiger partial charge in [-0.25, -0.2) is 4.79 Å². The largest absolute Gasteiger partial charge is 0.493 e. The highest BCUT2D eigenvalue weighted by Crippen LogP contribution is 2.28. The molecule has 112 valence electrons. The van der Waals surface area contributed by atoms with Gasteiger partial charge in [-0.15, -0.1) is 0 Å². The van der Waals surface area contributed by atoms with Crippen LogP contribution in [0.2, 0.25) is 0 Å². The number of rotatable bonds is 9. The fourth-order valence-corrected chi connectivity index (χ4v) is 1.54. The Bertz CT molecular complexity index is 417. The third kappa shape index (κ3) is 5.09. The Labute approximate surface area is 119 Å². The first-order chi connectivity index (χ1) is 9.72. The minimum Gasteiger partial charge on any atom is -0.493 e. The van der Waals surface area contributed by atoms with Gasteiger partial charge in [0.15, 0.2) is 11.5 Å². The van der Waals surface area contributed by atoms with E-state index in [1.807, 2.05) is 0 Å². The molecule has 0 saturated heterocycles. The lowest BCUT2D eigenvalue weighted by Crippen LogP contribution is -2.10. The Balaban J connectivity index is 2.68. The van der Waals surface area contributed by atoms with Gasteiger partial charge in [-0.1, -0.05) is 13.3 Å². The van der Waals surface area contributed by atoms with Crippen molar-refractivity contribution >= 4 is 5.97 Å². The summed E-state index contributed by atoms with van der Waals surface area (Å²) < 4.78 is 20.7. The minimum atomic E-state index is -0.402. The second-order valence-electron chi connectivity index (χ2n) is 4.20. The number of hydrogen-bond donors (Lipinski definition) is 0. The minimum absolute atomic E-state index is 0.229. The summed E-state index contributed by atoms with van der Waals surface area (Å²) in [6.07, 6.45) is 2.04. The van der Waals surface area contributed by atoms with Crippen LogP contribution in [0, 0.1) is 0 Å². The Morgan fingerprint density at radius 1 is 1.10 bits per heavy atom. The summed E-state index contributed by atoms with van der Waals surface area (Å²) in [5.41, 5.74) is 0.431. The number of carbonyl (C=O) groups excluding carboxylic acids is 1. The Morgan fingerprint density at radius 3 is 2.55 bits per heavy atom. The van der Waals surface area contributed by atoms with Gasteiger partial charge in [0.2, 0.25) is 0 Å². The van der Waals surface area contributed by atoms with Gasteiger partial charge in [-0.2, -0.15) is 0 Å². The topological polar surface area (TPSA) is 54.0 Å². The average Bonchev–Trinajstić information content (AvgIpc) is 2.47. The zero-order valence-corrected chi connectivity index (χ0v) is 12.3. The zero-order chi connectivity index (χ0) is 14.8. The van der Waals surface area contributed by atoms with Gasteiger partial charge in [0, 0.05) is 7.11 Å². The van der Waals surface area contributed by atoms with Crippen LogP contribution in [-0.2, 0) is 9.47 Å². The van der Waals surface area contributed by atoms with Crippen molar-refractivity contribution in [2.75, 3.05) is 34.0 Å². The molecule has 0 N–H and O–H groups in total. The van der Waals surface area contributed by atoms with Gasteiger partial charge in [-0.05, 0) is 24.6 Å². The summed E-state index contributed by atoms with van der Waals surface area (Å²) >= 11 is 0. The van der Waals surface area contributed by atoms with Crippen molar-refractivity contribution in [1.29, 1.82) is 0 Å². The average molecular weight is 282 g/mol. The number of carbonyl (C=O) groups is 1. The maximum atomic E-state index is 11.8. The summed E-state index contributed by atoms with van der Waals surface area (Å²) in [5, 5.41) is 0. The molecule has 0 unspecified atom stereocenters. The van der Waals surface area contributed by atoms with Crippen LogP contribution in [0.4, 0.5) is 0 Å². The molecule has 0 bridgehead atoms. The van der Waals surface area contributed by atoms with E-state index in [1.165, 1.54) is 0 Å². The van der Waals surface area contributed by atoms with Crippen LogP contribution < -0.4 is 9.47 Å². The molecular formula is C15H22O5. The number of hydrogen-bond acceptors (Lipinski definition) is 5. The molecule has 0 aliphatic rings. The van der Waals surface area contributed by atoms with Crippen LogP contribution >= 0.6 is 0 Å². The van der Waals surface area contributed by atoms with E-state index in [2.05, 4.69) is 6.92 Å². The van der Waals surface area contributed by atoms with Gasteiger partial charge >= 0.3 is 5.97 Å². The smallest absolute Gasteiger partial charge is 0.338 e. The number of unbranched alkanes of at least 4 members (excludes halogenated alkanes) is 1. The first-order valence-electron chi connectivity index (χ1n) is 6.69. The third-order valence-corrected chi connectivity index (χ3v) is 2.68.